The first-order valence-corrected chi connectivity index (χ1v) is 7.69. The molecule has 2 bridgehead atoms. The zero-order valence-electron chi connectivity index (χ0n) is 10.2. The molecule has 3 rings (SSSR count). The van der Waals surface area contributed by atoms with Crippen LogP contribution in [0.4, 0.5) is 5.69 Å². The van der Waals surface area contributed by atoms with Gasteiger partial charge in [-0.1, -0.05) is 34.6 Å². The lowest BCUT2D eigenvalue weighted by Crippen LogP contribution is -2.27. The number of nitrogens with two attached hydrogens (primary N) is 1. The van der Waals surface area contributed by atoms with Gasteiger partial charge in [0.1, 0.15) is 4.99 Å². The summed E-state index contributed by atoms with van der Waals surface area (Å²) in [6.07, 6.45) is 5.49. The van der Waals surface area contributed by atoms with Gasteiger partial charge in [-0.15, -0.1) is 0 Å². The van der Waals surface area contributed by atoms with E-state index in [-0.39, 0.29) is 0 Å². The first kappa shape index (κ1) is 12.4. The van der Waals surface area contributed by atoms with Crippen molar-refractivity contribution < 1.29 is 0 Å². The summed E-state index contributed by atoms with van der Waals surface area (Å²) in [4.78, 5) is 0.466. The van der Waals surface area contributed by atoms with E-state index in [0.717, 1.165) is 27.6 Å². The largest absolute Gasteiger partial charge is 0.389 e. The van der Waals surface area contributed by atoms with Crippen LogP contribution in [-0.4, -0.2) is 11.0 Å². The minimum atomic E-state index is 0.466. The Morgan fingerprint density at radius 1 is 1.33 bits per heavy atom. The van der Waals surface area contributed by atoms with Crippen LogP contribution in [0.2, 0.25) is 0 Å². The maximum Gasteiger partial charge on any atom is 0.106 e. The molecule has 3 atom stereocenters. The van der Waals surface area contributed by atoms with E-state index in [1.54, 1.807) is 0 Å². The SMILES string of the molecule is NC(=S)c1ccc(Br)cc1NC1CC2CCC1C2. The van der Waals surface area contributed by atoms with Crippen molar-refractivity contribution in [3.63, 3.8) is 0 Å². The molecular weight excluding hydrogens is 308 g/mol. The Morgan fingerprint density at radius 2 is 2.17 bits per heavy atom. The van der Waals surface area contributed by atoms with E-state index in [0.29, 0.717) is 11.0 Å². The summed E-state index contributed by atoms with van der Waals surface area (Å²) in [7, 11) is 0. The Balaban J connectivity index is 1.83. The lowest BCUT2D eigenvalue weighted by molar-refractivity contribution is 0.440. The predicted octanol–water partition coefficient (Wildman–Crippen LogP) is 3.68. The monoisotopic (exact) mass is 324 g/mol. The van der Waals surface area contributed by atoms with Gasteiger partial charge in [-0.2, -0.15) is 0 Å². The molecule has 2 aliphatic carbocycles. The molecule has 3 N–H and O–H groups in total. The Labute approximate surface area is 121 Å². The standard InChI is InChI=1S/C14H17BrN2S/c15-10-3-4-11(14(16)18)13(7-10)17-12-6-8-1-2-9(12)5-8/h3-4,7-9,12,17H,1-2,5-6H2,(H2,16,18). The van der Waals surface area contributed by atoms with Crippen molar-refractivity contribution in [2.75, 3.05) is 5.32 Å². The summed E-state index contributed by atoms with van der Waals surface area (Å²) in [5.41, 5.74) is 7.82. The molecule has 2 nitrogen and oxygen atoms in total. The fourth-order valence-corrected chi connectivity index (χ4v) is 4.01. The third-order valence-electron chi connectivity index (χ3n) is 4.33. The highest BCUT2D eigenvalue weighted by Crippen LogP contribution is 2.45. The fraction of sp³-hybridized carbons (Fsp3) is 0.500. The molecule has 0 saturated heterocycles. The number of anilines is 1. The summed E-state index contributed by atoms with van der Waals surface area (Å²) < 4.78 is 1.06. The molecule has 2 aliphatic rings. The lowest BCUT2D eigenvalue weighted by atomic mass is 9.95. The summed E-state index contributed by atoms with van der Waals surface area (Å²) in [5, 5.41) is 3.67. The van der Waals surface area contributed by atoms with Crippen LogP contribution in [0.25, 0.3) is 0 Å². The van der Waals surface area contributed by atoms with Gasteiger partial charge in [-0.25, -0.2) is 0 Å². The molecule has 2 saturated carbocycles. The lowest BCUT2D eigenvalue weighted by Gasteiger charge is -2.25. The molecule has 0 aliphatic heterocycles. The van der Waals surface area contributed by atoms with Crippen molar-refractivity contribution in [1.82, 2.24) is 0 Å². The summed E-state index contributed by atoms with van der Waals surface area (Å²) >= 11 is 8.63. The molecular formula is C14H17BrN2S. The average molecular weight is 325 g/mol. The van der Waals surface area contributed by atoms with Crippen molar-refractivity contribution in [3.05, 3.63) is 28.2 Å². The van der Waals surface area contributed by atoms with Crippen LogP contribution in [0, 0.1) is 11.8 Å². The molecule has 0 radical (unpaired) electrons. The number of nitrogens with one attached hydrogen (secondary N) is 1. The average Bonchev–Trinajstić information content (AvgIpc) is 2.90. The van der Waals surface area contributed by atoms with E-state index < -0.39 is 0 Å². The number of fused-ring (bicyclic) bond motifs is 2. The van der Waals surface area contributed by atoms with Gasteiger partial charge in [0.15, 0.2) is 0 Å². The van der Waals surface area contributed by atoms with Crippen LogP contribution in [0.15, 0.2) is 22.7 Å². The molecule has 0 spiro atoms. The van der Waals surface area contributed by atoms with Gasteiger partial charge in [-0.05, 0) is 49.3 Å². The van der Waals surface area contributed by atoms with Gasteiger partial charge in [0.2, 0.25) is 0 Å². The van der Waals surface area contributed by atoms with Crippen molar-refractivity contribution >= 4 is 38.8 Å². The molecule has 18 heavy (non-hydrogen) atoms. The minimum absolute atomic E-state index is 0.466. The van der Waals surface area contributed by atoms with Gasteiger partial charge >= 0.3 is 0 Å². The summed E-state index contributed by atoms with van der Waals surface area (Å²) in [6, 6.07) is 6.66. The zero-order valence-corrected chi connectivity index (χ0v) is 12.6. The first-order valence-electron chi connectivity index (χ1n) is 6.49. The van der Waals surface area contributed by atoms with Crippen molar-refractivity contribution in [2.45, 2.75) is 31.7 Å². The smallest absolute Gasteiger partial charge is 0.106 e. The van der Waals surface area contributed by atoms with E-state index in [1.165, 1.54) is 25.7 Å². The van der Waals surface area contributed by atoms with Crippen LogP contribution >= 0.6 is 28.1 Å². The highest BCUT2D eigenvalue weighted by molar-refractivity contribution is 9.10. The van der Waals surface area contributed by atoms with E-state index in [4.69, 9.17) is 18.0 Å². The van der Waals surface area contributed by atoms with Crippen molar-refractivity contribution in [3.8, 4) is 0 Å². The number of benzene rings is 1. The van der Waals surface area contributed by atoms with Crippen LogP contribution < -0.4 is 11.1 Å². The van der Waals surface area contributed by atoms with Gasteiger partial charge in [0.25, 0.3) is 0 Å². The maximum atomic E-state index is 5.79. The Hall–Kier alpha value is -0.610. The molecule has 2 fully saturated rings. The molecule has 4 heteroatoms. The highest BCUT2D eigenvalue weighted by Gasteiger charge is 2.39. The number of hydrogen-bond acceptors (Lipinski definition) is 2. The van der Waals surface area contributed by atoms with E-state index >= 15 is 0 Å². The van der Waals surface area contributed by atoms with Crippen LogP contribution in [0.3, 0.4) is 0 Å². The molecule has 96 valence electrons. The van der Waals surface area contributed by atoms with Crippen LogP contribution in [-0.2, 0) is 0 Å². The van der Waals surface area contributed by atoms with Gasteiger partial charge in [-0.3, -0.25) is 0 Å². The molecule has 1 aromatic rings. The fourth-order valence-electron chi connectivity index (χ4n) is 3.47. The second kappa shape index (κ2) is 4.82. The molecule has 0 amide bonds. The summed E-state index contributed by atoms with van der Waals surface area (Å²) in [5.74, 6) is 1.78. The normalized spacial score (nSPS) is 29.5. The number of rotatable bonds is 3. The van der Waals surface area contributed by atoms with Gasteiger partial charge in [0.05, 0.1) is 0 Å². The predicted molar refractivity (Wildman–Crippen MR) is 82.9 cm³/mol. The van der Waals surface area contributed by atoms with E-state index in [2.05, 4.69) is 27.3 Å². The third-order valence-corrected chi connectivity index (χ3v) is 5.04. The molecule has 0 aromatic heterocycles. The zero-order chi connectivity index (χ0) is 12.7. The highest BCUT2D eigenvalue weighted by atomic mass is 79.9. The Morgan fingerprint density at radius 3 is 2.78 bits per heavy atom. The van der Waals surface area contributed by atoms with Crippen molar-refractivity contribution in [2.24, 2.45) is 17.6 Å². The summed E-state index contributed by atoms with van der Waals surface area (Å²) in [6.45, 7) is 0. The Kier molecular flexibility index (Phi) is 3.32. The van der Waals surface area contributed by atoms with Crippen LogP contribution in [0.5, 0.6) is 0 Å². The Bertz CT molecular complexity index is 489. The number of halogens is 1. The van der Waals surface area contributed by atoms with Gasteiger partial charge < -0.3 is 11.1 Å². The topological polar surface area (TPSA) is 38.0 Å². The first-order chi connectivity index (χ1) is 8.63. The number of hydrogen-bond donors (Lipinski definition) is 2. The van der Waals surface area contributed by atoms with Gasteiger partial charge in [0, 0.05) is 21.8 Å². The molecule has 1 aromatic carbocycles. The minimum Gasteiger partial charge on any atom is -0.389 e. The third kappa shape index (κ3) is 2.28. The van der Waals surface area contributed by atoms with Crippen LogP contribution in [0.1, 0.15) is 31.2 Å². The van der Waals surface area contributed by atoms with E-state index in [9.17, 15) is 0 Å². The molecule has 0 heterocycles. The van der Waals surface area contributed by atoms with E-state index in [1.807, 2.05) is 12.1 Å². The maximum absolute atomic E-state index is 5.79. The quantitative estimate of drug-likeness (QED) is 0.833. The second-order valence-corrected chi connectivity index (χ2v) is 6.84. The molecule has 3 unspecified atom stereocenters. The van der Waals surface area contributed by atoms with Crippen molar-refractivity contribution in [1.29, 1.82) is 0 Å². The second-order valence-electron chi connectivity index (χ2n) is 5.48. The number of thiocarbonyl (C=S) groups is 1.